The summed E-state index contributed by atoms with van der Waals surface area (Å²) in [5.74, 6) is 0.798. The number of thiophene rings is 1. The van der Waals surface area contributed by atoms with E-state index in [4.69, 9.17) is 0 Å². The van der Waals surface area contributed by atoms with Crippen LogP contribution in [0.1, 0.15) is 43.3 Å². The van der Waals surface area contributed by atoms with E-state index in [0.29, 0.717) is 5.41 Å². The molecule has 2 aromatic heterocycles. The summed E-state index contributed by atoms with van der Waals surface area (Å²) in [5.41, 5.74) is 3.09. The molecule has 1 unspecified atom stereocenters. The summed E-state index contributed by atoms with van der Waals surface area (Å²) in [7, 11) is 0. The molecule has 0 aromatic carbocycles. The molecule has 1 aliphatic carbocycles. The van der Waals surface area contributed by atoms with Crippen molar-refractivity contribution in [1.29, 1.82) is 0 Å². The van der Waals surface area contributed by atoms with Gasteiger partial charge in [0.25, 0.3) is 0 Å². The summed E-state index contributed by atoms with van der Waals surface area (Å²) < 4.78 is 0. The van der Waals surface area contributed by atoms with Gasteiger partial charge in [-0.1, -0.05) is 20.8 Å². The smallest absolute Gasteiger partial charge is 0.127 e. The van der Waals surface area contributed by atoms with Crippen molar-refractivity contribution < 1.29 is 0 Å². The molecular formula is C15H20N2S. The zero-order valence-electron chi connectivity index (χ0n) is 11.6. The Morgan fingerprint density at radius 3 is 2.78 bits per heavy atom. The van der Waals surface area contributed by atoms with Gasteiger partial charge in [0.2, 0.25) is 0 Å². The highest BCUT2D eigenvalue weighted by Gasteiger charge is 2.31. The number of fused-ring (bicyclic) bond motifs is 3. The van der Waals surface area contributed by atoms with Crippen LogP contribution in [0.4, 0.5) is 0 Å². The first kappa shape index (κ1) is 12.1. The molecule has 0 saturated carbocycles. The van der Waals surface area contributed by atoms with Crippen LogP contribution in [0.15, 0.2) is 6.33 Å². The molecule has 2 nitrogen and oxygen atoms in total. The Bertz CT molecular complexity index is 592. The van der Waals surface area contributed by atoms with Crippen LogP contribution >= 0.6 is 11.3 Å². The quantitative estimate of drug-likeness (QED) is 0.711. The largest absolute Gasteiger partial charge is 0.241 e. The van der Waals surface area contributed by atoms with Gasteiger partial charge in [-0.25, -0.2) is 9.97 Å². The van der Waals surface area contributed by atoms with Crippen LogP contribution in [0.5, 0.6) is 0 Å². The molecule has 1 aliphatic rings. The molecule has 0 N–H and O–H groups in total. The van der Waals surface area contributed by atoms with Crippen molar-refractivity contribution in [2.45, 2.75) is 47.0 Å². The second kappa shape index (κ2) is 4.02. The Hall–Kier alpha value is -0.960. The van der Waals surface area contributed by atoms with Crippen molar-refractivity contribution in [3.63, 3.8) is 0 Å². The third kappa shape index (κ3) is 1.85. The molecule has 3 rings (SSSR count). The average Bonchev–Trinajstić information content (AvgIpc) is 2.66. The fraction of sp³-hybridized carbons (Fsp3) is 0.600. The molecule has 96 valence electrons. The van der Waals surface area contributed by atoms with Crippen LogP contribution in [0.25, 0.3) is 10.2 Å². The lowest BCUT2D eigenvalue weighted by atomic mass is 9.72. The minimum Gasteiger partial charge on any atom is -0.241 e. The van der Waals surface area contributed by atoms with E-state index < -0.39 is 0 Å². The first-order valence-corrected chi connectivity index (χ1v) is 7.50. The number of aryl methyl sites for hydroxylation is 2. The maximum absolute atomic E-state index is 4.44. The lowest BCUT2D eigenvalue weighted by molar-refractivity contribution is 0.218. The minimum absolute atomic E-state index is 0.411. The molecule has 0 radical (unpaired) electrons. The number of nitrogens with zero attached hydrogens (tertiary/aromatic N) is 2. The summed E-state index contributed by atoms with van der Waals surface area (Å²) in [6.07, 6.45) is 5.42. The van der Waals surface area contributed by atoms with Gasteiger partial charge in [0, 0.05) is 16.0 Å². The number of rotatable bonds is 0. The first-order chi connectivity index (χ1) is 8.47. The highest BCUT2D eigenvalue weighted by atomic mass is 32.1. The monoisotopic (exact) mass is 260 g/mol. The van der Waals surface area contributed by atoms with Crippen molar-refractivity contribution in [3.8, 4) is 0 Å². The molecule has 1 atom stereocenters. The summed E-state index contributed by atoms with van der Waals surface area (Å²) in [6, 6.07) is 0. The topological polar surface area (TPSA) is 25.8 Å². The van der Waals surface area contributed by atoms with Gasteiger partial charge >= 0.3 is 0 Å². The molecule has 2 heterocycles. The molecule has 3 heteroatoms. The van der Waals surface area contributed by atoms with Crippen LogP contribution < -0.4 is 0 Å². The number of hydrogen-bond acceptors (Lipinski definition) is 3. The zero-order chi connectivity index (χ0) is 12.9. The lowest BCUT2D eigenvalue weighted by Crippen LogP contribution is -2.26. The fourth-order valence-corrected chi connectivity index (χ4v) is 4.33. The standard InChI is InChI=1S/C15H20N2S/c1-9-13-11-6-5-10(15(2,3)4)7-12(11)18-14(13)17-8-16-9/h8,10H,5-7H2,1-4H3. The zero-order valence-corrected chi connectivity index (χ0v) is 12.4. The van der Waals surface area contributed by atoms with Gasteiger partial charge in [0.15, 0.2) is 0 Å². The molecule has 18 heavy (non-hydrogen) atoms. The van der Waals surface area contributed by atoms with Crippen molar-refractivity contribution in [1.82, 2.24) is 9.97 Å². The number of hydrogen-bond donors (Lipinski definition) is 0. The second-order valence-corrected chi connectivity index (χ2v) is 7.53. The highest BCUT2D eigenvalue weighted by Crippen LogP contribution is 2.43. The van der Waals surface area contributed by atoms with Crippen molar-refractivity contribution in [2.75, 3.05) is 0 Å². The van der Waals surface area contributed by atoms with Gasteiger partial charge in [-0.05, 0) is 43.1 Å². The first-order valence-electron chi connectivity index (χ1n) is 6.68. The van der Waals surface area contributed by atoms with Crippen LogP contribution in [0.3, 0.4) is 0 Å². The van der Waals surface area contributed by atoms with Gasteiger partial charge in [-0.2, -0.15) is 0 Å². The Morgan fingerprint density at radius 2 is 2.06 bits per heavy atom. The third-order valence-electron chi connectivity index (χ3n) is 4.26. The molecule has 0 amide bonds. The van der Waals surface area contributed by atoms with Crippen molar-refractivity contribution in [2.24, 2.45) is 11.3 Å². The van der Waals surface area contributed by atoms with Gasteiger partial charge < -0.3 is 0 Å². The molecule has 0 bridgehead atoms. The predicted octanol–water partition coefficient (Wildman–Crippen LogP) is 4.15. The fourth-order valence-electron chi connectivity index (χ4n) is 3.01. The lowest BCUT2D eigenvalue weighted by Gasteiger charge is -2.33. The van der Waals surface area contributed by atoms with E-state index in [2.05, 4.69) is 37.7 Å². The predicted molar refractivity (Wildman–Crippen MR) is 77.1 cm³/mol. The Kier molecular flexibility index (Phi) is 2.70. The van der Waals surface area contributed by atoms with Gasteiger partial charge in [-0.3, -0.25) is 0 Å². The van der Waals surface area contributed by atoms with E-state index in [1.165, 1.54) is 35.0 Å². The molecule has 0 saturated heterocycles. The minimum atomic E-state index is 0.411. The molecule has 2 aromatic rings. The van der Waals surface area contributed by atoms with E-state index in [9.17, 15) is 0 Å². The van der Waals surface area contributed by atoms with Gasteiger partial charge in [0.05, 0.1) is 0 Å². The van der Waals surface area contributed by atoms with Crippen molar-refractivity contribution in [3.05, 3.63) is 22.5 Å². The van der Waals surface area contributed by atoms with E-state index in [1.807, 2.05) is 11.3 Å². The van der Waals surface area contributed by atoms with E-state index in [0.717, 1.165) is 11.6 Å². The normalized spacial score (nSPS) is 20.1. The molecule has 0 aliphatic heterocycles. The molecule has 0 fully saturated rings. The Balaban J connectivity index is 2.08. The SMILES string of the molecule is Cc1ncnc2sc3c(c12)CCC(C(C)(C)C)C3. The maximum Gasteiger partial charge on any atom is 0.127 e. The molecular weight excluding hydrogens is 240 g/mol. The second-order valence-electron chi connectivity index (χ2n) is 6.45. The maximum atomic E-state index is 4.44. The van der Waals surface area contributed by atoms with E-state index in [1.54, 1.807) is 11.2 Å². The highest BCUT2D eigenvalue weighted by molar-refractivity contribution is 7.18. The molecule has 0 spiro atoms. The van der Waals surface area contributed by atoms with E-state index in [-0.39, 0.29) is 0 Å². The van der Waals surface area contributed by atoms with Gasteiger partial charge in [0.1, 0.15) is 11.2 Å². The van der Waals surface area contributed by atoms with Crippen molar-refractivity contribution >= 4 is 21.6 Å². The Labute approximate surface area is 112 Å². The van der Waals surface area contributed by atoms with Crippen LogP contribution in [0.2, 0.25) is 0 Å². The average molecular weight is 260 g/mol. The Morgan fingerprint density at radius 1 is 1.28 bits per heavy atom. The number of aromatic nitrogens is 2. The van der Waals surface area contributed by atoms with Gasteiger partial charge in [-0.15, -0.1) is 11.3 Å². The van der Waals surface area contributed by atoms with Crippen LogP contribution in [0, 0.1) is 18.3 Å². The summed E-state index contributed by atoms with van der Waals surface area (Å²) in [6.45, 7) is 9.19. The summed E-state index contributed by atoms with van der Waals surface area (Å²) in [4.78, 5) is 11.5. The summed E-state index contributed by atoms with van der Waals surface area (Å²) >= 11 is 1.88. The summed E-state index contributed by atoms with van der Waals surface area (Å²) in [5, 5.41) is 1.34. The third-order valence-corrected chi connectivity index (χ3v) is 5.42. The van der Waals surface area contributed by atoms with E-state index >= 15 is 0 Å². The van der Waals surface area contributed by atoms with Crippen LogP contribution in [-0.4, -0.2) is 9.97 Å². The van der Waals surface area contributed by atoms with Crippen LogP contribution in [-0.2, 0) is 12.8 Å².